The van der Waals surface area contributed by atoms with Crippen LogP contribution in [0.3, 0.4) is 0 Å². The van der Waals surface area contributed by atoms with Crippen LogP contribution in [0.25, 0.3) is 21.5 Å². The average molecular weight is 831 g/mol. The lowest BCUT2D eigenvalue weighted by Gasteiger charge is -2.19. The summed E-state index contributed by atoms with van der Waals surface area (Å²) in [6.45, 7) is 1.24. The van der Waals surface area contributed by atoms with Crippen molar-refractivity contribution in [2.45, 2.75) is 30.8 Å². The highest BCUT2D eigenvalue weighted by Crippen LogP contribution is 2.39. The number of carbonyl (C=O) groups excluding carboxylic acids is 2. The first-order chi connectivity index (χ1) is 29.6. The van der Waals surface area contributed by atoms with Crippen LogP contribution >= 0.6 is 0 Å². The number of aliphatic hydroxyl groups excluding tert-OH is 2. The van der Waals surface area contributed by atoms with Gasteiger partial charge in [-0.2, -0.15) is 0 Å². The van der Waals surface area contributed by atoms with Crippen LogP contribution in [0.5, 0.6) is 23.0 Å². The van der Waals surface area contributed by atoms with Crippen molar-refractivity contribution in [1.29, 1.82) is 0 Å². The molecule has 4 atom stereocenters. The molecule has 61 heavy (non-hydrogen) atoms. The highest BCUT2D eigenvalue weighted by atomic mass is 16.6. The monoisotopic (exact) mass is 830 g/mol. The molecule has 8 rings (SSSR count). The normalized spacial score (nSPS) is 16.4. The van der Waals surface area contributed by atoms with Gasteiger partial charge in [0.25, 0.3) is 0 Å². The van der Waals surface area contributed by atoms with Gasteiger partial charge < -0.3 is 59.6 Å². The van der Waals surface area contributed by atoms with Crippen molar-refractivity contribution < 1.29 is 57.7 Å². The molecule has 4 unspecified atom stereocenters. The summed E-state index contributed by atoms with van der Waals surface area (Å²) in [5.41, 5.74) is 14.9. The van der Waals surface area contributed by atoms with Gasteiger partial charge in [0.05, 0.1) is 24.3 Å². The predicted octanol–water partition coefficient (Wildman–Crippen LogP) is 5.50. The fraction of sp³-hybridized carbons (Fsp3) is 0.277. The zero-order valence-electron chi connectivity index (χ0n) is 33.2. The van der Waals surface area contributed by atoms with E-state index in [-0.39, 0.29) is 38.6 Å². The van der Waals surface area contributed by atoms with Gasteiger partial charge in [0.1, 0.15) is 87.1 Å². The molecule has 6 N–H and O–H groups in total. The second kappa shape index (κ2) is 18.8. The summed E-state index contributed by atoms with van der Waals surface area (Å²) in [7, 11) is 0. The molecule has 316 valence electrons. The van der Waals surface area contributed by atoms with Gasteiger partial charge >= 0.3 is 11.9 Å². The first-order valence-electron chi connectivity index (χ1n) is 19.9. The highest BCUT2D eigenvalue weighted by Gasteiger charge is 2.26. The molecule has 0 bridgehead atoms. The summed E-state index contributed by atoms with van der Waals surface area (Å²) in [6, 6.07) is 31.8. The van der Waals surface area contributed by atoms with E-state index in [0.717, 1.165) is 32.7 Å². The minimum atomic E-state index is -1.09. The third kappa shape index (κ3) is 11.0. The van der Waals surface area contributed by atoms with E-state index in [9.17, 15) is 19.8 Å². The van der Waals surface area contributed by atoms with Crippen molar-refractivity contribution in [3.63, 3.8) is 0 Å². The van der Waals surface area contributed by atoms with Crippen LogP contribution in [-0.4, -0.2) is 99.4 Å². The van der Waals surface area contributed by atoms with Crippen LogP contribution in [0.2, 0.25) is 0 Å². The van der Waals surface area contributed by atoms with E-state index in [0.29, 0.717) is 78.3 Å². The average Bonchev–Trinajstić information content (AvgIpc) is 4.23. The molecule has 2 aliphatic heterocycles. The summed E-state index contributed by atoms with van der Waals surface area (Å²) < 4.78 is 46.4. The smallest absolute Gasteiger partial charge is 0.338 e. The molecule has 0 aromatic heterocycles. The van der Waals surface area contributed by atoms with Crippen molar-refractivity contribution >= 4 is 44.9 Å². The van der Waals surface area contributed by atoms with Crippen LogP contribution in [0.15, 0.2) is 109 Å². The number of benzene rings is 6. The number of fused-ring (bicyclic) bond motifs is 2. The molecule has 14 nitrogen and oxygen atoms in total. The Balaban J connectivity index is 1.03. The number of epoxide rings is 2. The van der Waals surface area contributed by atoms with E-state index < -0.39 is 24.1 Å². The largest absolute Gasteiger partial charge is 0.491 e. The number of nitrogens with two attached hydrogens (primary N) is 2. The minimum absolute atomic E-state index is 0.0140. The van der Waals surface area contributed by atoms with E-state index in [2.05, 4.69) is 0 Å². The predicted molar refractivity (Wildman–Crippen MR) is 226 cm³/mol. The van der Waals surface area contributed by atoms with E-state index in [4.69, 9.17) is 49.4 Å². The maximum atomic E-state index is 12.5. The van der Waals surface area contributed by atoms with Crippen molar-refractivity contribution in [1.82, 2.24) is 0 Å². The molecule has 0 radical (unpaired) electrons. The number of hydrogen-bond donors (Lipinski definition) is 4. The number of hydrogen-bond acceptors (Lipinski definition) is 14. The van der Waals surface area contributed by atoms with Gasteiger partial charge in [-0.25, -0.2) is 9.59 Å². The molecule has 0 aliphatic carbocycles. The van der Waals surface area contributed by atoms with Crippen LogP contribution in [0.1, 0.15) is 31.8 Å². The number of rotatable bonds is 20. The van der Waals surface area contributed by atoms with Crippen LogP contribution in [-0.2, 0) is 25.4 Å². The quantitative estimate of drug-likeness (QED) is 0.0426. The van der Waals surface area contributed by atoms with Gasteiger partial charge in [-0.05, 0) is 106 Å². The molecule has 6 aromatic rings. The number of aliphatic hydroxyl groups is 2. The van der Waals surface area contributed by atoms with Gasteiger partial charge in [-0.3, -0.25) is 0 Å². The van der Waals surface area contributed by atoms with Gasteiger partial charge in [0, 0.05) is 28.9 Å². The lowest BCUT2D eigenvalue weighted by atomic mass is 9.93. The summed E-state index contributed by atoms with van der Waals surface area (Å²) in [5.74, 6) is 1.15. The van der Waals surface area contributed by atoms with Crippen molar-refractivity contribution in [2.75, 3.05) is 64.3 Å². The Morgan fingerprint density at radius 1 is 0.557 bits per heavy atom. The lowest BCUT2D eigenvalue weighted by molar-refractivity contribution is 0.0127. The Bertz CT molecular complexity index is 2310. The van der Waals surface area contributed by atoms with Crippen molar-refractivity contribution in [2.24, 2.45) is 0 Å². The van der Waals surface area contributed by atoms with Crippen molar-refractivity contribution in [3.05, 3.63) is 131 Å². The molecule has 0 spiro atoms. The van der Waals surface area contributed by atoms with E-state index in [1.54, 1.807) is 48.5 Å². The molecule has 0 amide bonds. The zero-order valence-corrected chi connectivity index (χ0v) is 33.2. The number of esters is 2. The van der Waals surface area contributed by atoms with Gasteiger partial charge in [0.2, 0.25) is 0 Å². The first kappa shape index (κ1) is 41.2. The number of anilines is 2. The SMILES string of the molecule is Nc1ccc(C(=O)OCC(O)COc2ccc3ccc(OCC4CO4)c(Cc4c(OCC5CO5)ccc5ccc(OCC(O)COC(=O)c6ccc(N)cc6)cc45)c3c2)cc1. The Labute approximate surface area is 351 Å². The van der Waals surface area contributed by atoms with Crippen LogP contribution < -0.4 is 30.4 Å². The summed E-state index contributed by atoms with van der Waals surface area (Å²) in [5, 5.41) is 24.9. The topological polar surface area (TPSA) is 207 Å². The first-order valence-corrected chi connectivity index (χ1v) is 19.9. The maximum Gasteiger partial charge on any atom is 0.338 e. The highest BCUT2D eigenvalue weighted by molar-refractivity contribution is 5.93. The van der Waals surface area contributed by atoms with Crippen LogP contribution in [0, 0.1) is 0 Å². The second-order valence-corrected chi connectivity index (χ2v) is 14.9. The molecular formula is C47H46N2O12. The Morgan fingerprint density at radius 2 is 0.951 bits per heavy atom. The Kier molecular flexibility index (Phi) is 12.7. The molecular weight excluding hydrogens is 785 g/mol. The van der Waals surface area contributed by atoms with Gasteiger partial charge in [-0.1, -0.05) is 24.3 Å². The Hall–Kier alpha value is -6.58. The number of nitrogen functional groups attached to an aromatic ring is 2. The standard InChI is InChI=1S/C47H46N2O12/c48-32-9-1-30(2-10-32)46(52)60-22-34(50)20-54-36-13-5-28-7-15-44(58-26-38-24-56-38)42(40(28)17-36)19-43-41-18-37(14-6-29(41)8-16-45(43)59-27-39-25-57-39)55-21-35(51)23-61-47(53)31-3-11-33(49)12-4-31/h1-18,34-35,38-39,50-51H,19-27,48-49H2. The number of carbonyl (C=O) groups is 2. The maximum absolute atomic E-state index is 12.5. The van der Waals surface area contributed by atoms with Crippen LogP contribution in [0.4, 0.5) is 11.4 Å². The third-order valence-electron chi connectivity index (χ3n) is 10.1. The molecule has 2 saturated heterocycles. The second-order valence-electron chi connectivity index (χ2n) is 14.9. The summed E-state index contributed by atoms with van der Waals surface area (Å²) >= 11 is 0. The molecule has 6 aromatic carbocycles. The van der Waals surface area contributed by atoms with E-state index in [1.165, 1.54) is 0 Å². The fourth-order valence-electron chi connectivity index (χ4n) is 6.60. The molecule has 2 aliphatic rings. The minimum Gasteiger partial charge on any atom is -0.491 e. The van der Waals surface area contributed by atoms with Crippen molar-refractivity contribution in [3.8, 4) is 23.0 Å². The van der Waals surface area contributed by atoms with Gasteiger partial charge in [0.15, 0.2) is 0 Å². The Morgan fingerprint density at radius 3 is 1.34 bits per heavy atom. The van der Waals surface area contributed by atoms with Gasteiger partial charge in [-0.15, -0.1) is 0 Å². The third-order valence-corrected chi connectivity index (χ3v) is 10.1. The molecule has 2 fully saturated rings. The fourth-order valence-corrected chi connectivity index (χ4v) is 6.60. The lowest BCUT2D eigenvalue weighted by Crippen LogP contribution is -2.25. The molecule has 2 heterocycles. The summed E-state index contributed by atoms with van der Waals surface area (Å²) in [4.78, 5) is 24.9. The van der Waals surface area contributed by atoms with E-state index in [1.807, 2.05) is 60.7 Å². The zero-order chi connectivity index (χ0) is 42.3. The molecule has 14 heteroatoms. The number of ether oxygens (including phenoxy) is 8. The summed E-state index contributed by atoms with van der Waals surface area (Å²) in [6.07, 6.45) is -1.78. The van der Waals surface area contributed by atoms with E-state index >= 15 is 0 Å². The molecule has 0 saturated carbocycles.